The first-order chi connectivity index (χ1) is 8.70. The van der Waals surface area contributed by atoms with Crippen LogP contribution in [-0.4, -0.2) is 31.8 Å². The number of hydrogen-bond acceptors (Lipinski definition) is 4. The van der Waals surface area contributed by atoms with Crippen LogP contribution in [0.15, 0.2) is 18.2 Å². The fourth-order valence-electron chi connectivity index (χ4n) is 1.57. The minimum atomic E-state index is -0.699. The van der Waals surface area contributed by atoms with E-state index in [9.17, 15) is 9.18 Å². The van der Waals surface area contributed by atoms with E-state index >= 15 is 0 Å². The number of anilines is 1. The number of carbonyl (C=O) groups is 1. The van der Waals surface area contributed by atoms with E-state index in [4.69, 9.17) is 14.7 Å². The quantitative estimate of drug-likeness (QED) is 0.851. The number of hydrogen-bond donors (Lipinski definition) is 1. The highest BCUT2D eigenvalue weighted by Crippen LogP contribution is 2.17. The van der Waals surface area contributed by atoms with Crippen molar-refractivity contribution in [1.29, 1.82) is 5.26 Å². The second-order valence-corrected chi connectivity index (χ2v) is 3.73. The molecule has 1 saturated heterocycles. The van der Waals surface area contributed by atoms with Gasteiger partial charge in [-0.2, -0.15) is 5.26 Å². The van der Waals surface area contributed by atoms with Crippen molar-refractivity contribution in [2.45, 2.75) is 6.10 Å². The number of carbonyl (C=O) groups excluding carboxylic acids is 1. The van der Waals surface area contributed by atoms with Crippen molar-refractivity contribution >= 4 is 11.6 Å². The second-order valence-electron chi connectivity index (χ2n) is 3.73. The van der Waals surface area contributed by atoms with Crippen molar-refractivity contribution in [3.05, 3.63) is 29.6 Å². The lowest BCUT2D eigenvalue weighted by molar-refractivity contribution is -0.142. The molecular weight excluding hydrogens is 239 g/mol. The Morgan fingerprint density at radius 2 is 2.33 bits per heavy atom. The number of nitriles is 1. The maximum atomic E-state index is 12.9. The fourth-order valence-corrected chi connectivity index (χ4v) is 1.57. The number of nitrogens with zero attached hydrogens (tertiary/aromatic N) is 1. The van der Waals surface area contributed by atoms with Crippen molar-refractivity contribution in [2.75, 3.05) is 25.1 Å². The van der Waals surface area contributed by atoms with Gasteiger partial charge in [0, 0.05) is 0 Å². The van der Waals surface area contributed by atoms with Gasteiger partial charge in [0.1, 0.15) is 11.9 Å². The van der Waals surface area contributed by atoms with Crippen molar-refractivity contribution in [3.8, 4) is 6.07 Å². The summed E-state index contributed by atoms with van der Waals surface area (Å²) >= 11 is 0. The average Bonchev–Trinajstić information content (AvgIpc) is 2.41. The molecule has 2 rings (SSSR count). The van der Waals surface area contributed by atoms with Crippen LogP contribution in [0.3, 0.4) is 0 Å². The Labute approximate surface area is 103 Å². The lowest BCUT2D eigenvalue weighted by Crippen LogP contribution is -2.39. The van der Waals surface area contributed by atoms with Gasteiger partial charge in [-0.1, -0.05) is 0 Å². The third-order valence-electron chi connectivity index (χ3n) is 2.47. The molecule has 1 aliphatic heterocycles. The molecule has 0 bridgehead atoms. The SMILES string of the molecule is N#Cc1cc(F)ccc1NC(=O)C1COCCO1. The molecule has 6 heteroatoms. The number of benzene rings is 1. The summed E-state index contributed by atoms with van der Waals surface area (Å²) in [5, 5.41) is 11.4. The molecule has 1 N–H and O–H groups in total. The van der Waals surface area contributed by atoms with Gasteiger partial charge in [0.15, 0.2) is 6.10 Å². The van der Waals surface area contributed by atoms with Gasteiger partial charge in [-0.25, -0.2) is 4.39 Å². The van der Waals surface area contributed by atoms with E-state index in [1.807, 2.05) is 6.07 Å². The van der Waals surface area contributed by atoms with E-state index in [0.29, 0.717) is 13.2 Å². The van der Waals surface area contributed by atoms with E-state index in [1.165, 1.54) is 12.1 Å². The highest BCUT2D eigenvalue weighted by atomic mass is 19.1. The van der Waals surface area contributed by atoms with E-state index in [-0.39, 0.29) is 17.9 Å². The molecule has 1 atom stereocenters. The lowest BCUT2D eigenvalue weighted by Gasteiger charge is -2.22. The number of amides is 1. The number of rotatable bonds is 2. The van der Waals surface area contributed by atoms with Gasteiger partial charge in [0.05, 0.1) is 31.1 Å². The fraction of sp³-hybridized carbons (Fsp3) is 0.333. The third kappa shape index (κ3) is 2.83. The molecule has 1 aromatic carbocycles. The zero-order valence-corrected chi connectivity index (χ0v) is 9.48. The van der Waals surface area contributed by atoms with Crippen LogP contribution in [0.2, 0.25) is 0 Å². The first-order valence-corrected chi connectivity index (χ1v) is 5.40. The molecule has 1 aliphatic rings. The molecule has 0 aromatic heterocycles. The average molecular weight is 250 g/mol. The standard InChI is InChI=1S/C12H11FN2O3/c13-9-1-2-10(8(5-9)6-14)15-12(16)11-7-17-3-4-18-11/h1-2,5,11H,3-4,7H2,(H,15,16). The largest absolute Gasteiger partial charge is 0.376 e. The number of halogens is 1. The summed E-state index contributed by atoms with van der Waals surface area (Å²) in [6.45, 7) is 0.991. The summed E-state index contributed by atoms with van der Waals surface area (Å²) in [7, 11) is 0. The van der Waals surface area contributed by atoms with Crippen LogP contribution in [0.25, 0.3) is 0 Å². The van der Waals surface area contributed by atoms with Crippen LogP contribution >= 0.6 is 0 Å². The lowest BCUT2D eigenvalue weighted by atomic mass is 10.2. The van der Waals surface area contributed by atoms with Crippen LogP contribution in [0.5, 0.6) is 0 Å². The van der Waals surface area contributed by atoms with E-state index < -0.39 is 17.8 Å². The van der Waals surface area contributed by atoms with Crippen LogP contribution in [0.1, 0.15) is 5.56 Å². The normalized spacial score (nSPS) is 19.0. The molecule has 1 aromatic rings. The first-order valence-electron chi connectivity index (χ1n) is 5.40. The van der Waals surface area contributed by atoms with Crippen LogP contribution < -0.4 is 5.32 Å². The summed E-state index contributed by atoms with van der Waals surface area (Å²) < 4.78 is 23.2. The zero-order chi connectivity index (χ0) is 13.0. The molecule has 0 spiro atoms. The second kappa shape index (κ2) is 5.58. The predicted octanol–water partition coefficient (Wildman–Crippen LogP) is 1.05. The molecule has 0 aliphatic carbocycles. The van der Waals surface area contributed by atoms with Gasteiger partial charge in [-0.3, -0.25) is 4.79 Å². The number of nitrogens with one attached hydrogen (secondary N) is 1. The minimum Gasteiger partial charge on any atom is -0.376 e. The Balaban J connectivity index is 2.09. The van der Waals surface area contributed by atoms with Crippen LogP contribution in [-0.2, 0) is 14.3 Å². The van der Waals surface area contributed by atoms with E-state index in [1.54, 1.807) is 0 Å². The highest BCUT2D eigenvalue weighted by Gasteiger charge is 2.23. The van der Waals surface area contributed by atoms with Crippen molar-refractivity contribution in [3.63, 3.8) is 0 Å². The Morgan fingerprint density at radius 3 is 3.00 bits per heavy atom. The topological polar surface area (TPSA) is 71.4 Å². The molecule has 1 fully saturated rings. The molecule has 94 valence electrons. The smallest absolute Gasteiger partial charge is 0.255 e. The Bertz CT molecular complexity index is 493. The summed E-state index contributed by atoms with van der Waals surface area (Å²) in [6, 6.07) is 5.40. The molecule has 18 heavy (non-hydrogen) atoms. The molecule has 5 nitrogen and oxygen atoms in total. The van der Waals surface area contributed by atoms with Crippen molar-refractivity contribution in [2.24, 2.45) is 0 Å². The molecular formula is C12H11FN2O3. The summed E-state index contributed by atoms with van der Waals surface area (Å²) in [6.07, 6.45) is -0.699. The van der Waals surface area contributed by atoms with Crippen molar-refractivity contribution in [1.82, 2.24) is 0 Å². The van der Waals surface area contributed by atoms with Gasteiger partial charge >= 0.3 is 0 Å². The van der Waals surface area contributed by atoms with Gasteiger partial charge < -0.3 is 14.8 Å². The molecule has 0 radical (unpaired) electrons. The van der Waals surface area contributed by atoms with Crippen LogP contribution in [0, 0.1) is 17.1 Å². The minimum absolute atomic E-state index is 0.0695. The Morgan fingerprint density at radius 1 is 1.50 bits per heavy atom. The zero-order valence-electron chi connectivity index (χ0n) is 9.48. The van der Waals surface area contributed by atoms with Crippen molar-refractivity contribution < 1.29 is 18.7 Å². The van der Waals surface area contributed by atoms with Gasteiger partial charge in [0.2, 0.25) is 0 Å². The summed E-state index contributed by atoms with van der Waals surface area (Å²) in [5.41, 5.74) is 0.332. The Kier molecular flexibility index (Phi) is 3.87. The first kappa shape index (κ1) is 12.5. The maximum Gasteiger partial charge on any atom is 0.255 e. The molecule has 1 heterocycles. The Hall–Kier alpha value is -1.97. The van der Waals surface area contributed by atoms with E-state index in [0.717, 1.165) is 6.07 Å². The highest BCUT2D eigenvalue weighted by molar-refractivity contribution is 5.95. The van der Waals surface area contributed by atoms with E-state index in [2.05, 4.69) is 5.32 Å². The molecule has 1 unspecified atom stereocenters. The summed E-state index contributed by atoms with van der Waals surface area (Å²) in [5.74, 6) is -0.931. The summed E-state index contributed by atoms with van der Waals surface area (Å²) in [4.78, 5) is 11.8. The number of ether oxygens (including phenoxy) is 2. The monoisotopic (exact) mass is 250 g/mol. The van der Waals surface area contributed by atoms with Gasteiger partial charge in [0.25, 0.3) is 5.91 Å². The van der Waals surface area contributed by atoms with Crippen LogP contribution in [0.4, 0.5) is 10.1 Å². The van der Waals surface area contributed by atoms with Gasteiger partial charge in [-0.05, 0) is 18.2 Å². The molecule has 1 amide bonds. The third-order valence-corrected chi connectivity index (χ3v) is 2.47. The van der Waals surface area contributed by atoms with Gasteiger partial charge in [-0.15, -0.1) is 0 Å². The predicted molar refractivity (Wildman–Crippen MR) is 60.3 cm³/mol. The maximum absolute atomic E-state index is 12.9. The molecule has 0 saturated carbocycles.